The summed E-state index contributed by atoms with van der Waals surface area (Å²) in [6, 6.07) is 5.43. The van der Waals surface area contributed by atoms with Gasteiger partial charge in [0.25, 0.3) is 5.91 Å². The molecule has 2 saturated heterocycles. The molecule has 25 heavy (non-hydrogen) atoms. The van der Waals surface area contributed by atoms with Gasteiger partial charge in [0.2, 0.25) is 17.4 Å². The van der Waals surface area contributed by atoms with E-state index in [4.69, 9.17) is 0 Å². The van der Waals surface area contributed by atoms with Crippen LogP contribution >= 0.6 is 15.9 Å². The highest BCUT2D eigenvalue weighted by molar-refractivity contribution is 9.10. The van der Waals surface area contributed by atoms with Gasteiger partial charge in [-0.15, -0.1) is 0 Å². The first kappa shape index (κ1) is 16.7. The molecule has 1 aromatic carbocycles. The molecule has 6 nitrogen and oxygen atoms in total. The normalized spacial score (nSPS) is 33.9. The second-order valence-corrected chi connectivity index (χ2v) is 9.14. The standard InChI is InChI=1S/C18H20BrN3O3/c1-8-12-13(15(24)22(14(12)23)17(2,3)4)18(21-8)10-7-9(19)5-6-11(10)20-16(18)25/h5-8,12-13,21H,1-4H3,(H,20,25)/p+1/t8-,12+,13-,18-/m0/s1. The molecule has 132 valence electrons. The number of rotatable bonds is 0. The molecule has 2 fully saturated rings. The van der Waals surface area contributed by atoms with Crippen LogP contribution in [0.15, 0.2) is 22.7 Å². The highest BCUT2D eigenvalue weighted by Crippen LogP contribution is 2.50. The average molecular weight is 407 g/mol. The van der Waals surface area contributed by atoms with Crippen molar-refractivity contribution in [2.45, 2.75) is 44.8 Å². The Bertz CT molecular complexity index is 831. The molecule has 4 rings (SSSR count). The zero-order valence-corrected chi connectivity index (χ0v) is 16.2. The van der Waals surface area contributed by atoms with E-state index in [2.05, 4.69) is 21.2 Å². The minimum Gasteiger partial charge on any atom is -0.326 e. The van der Waals surface area contributed by atoms with Crippen LogP contribution in [0.5, 0.6) is 0 Å². The van der Waals surface area contributed by atoms with Gasteiger partial charge in [-0.2, -0.15) is 0 Å². The van der Waals surface area contributed by atoms with Gasteiger partial charge in [0.05, 0.1) is 11.7 Å². The van der Waals surface area contributed by atoms with E-state index in [0.29, 0.717) is 5.69 Å². The summed E-state index contributed by atoms with van der Waals surface area (Å²) in [5.41, 5.74) is -0.181. The van der Waals surface area contributed by atoms with Crippen molar-refractivity contribution in [1.29, 1.82) is 0 Å². The lowest BCUT2D eigenvalue weighted by atomic mass is 9.76. The highest BCUT2D eigenvalue weighted by atomic mass is 79.9. The van der Waals surface area contributed by atoms with Crippen LogP contribution in [-0.2, 0) is 19.9 Å². The Hall–Kier alpha value is -1.73. The third-order valence-electron chi connectivity index (χ3n) is 5.66. The number of carbonyl (C=O) groups excluding carboxylic acids is 3. The van der Waals surface area contributed by atoms with Crippen LogP contribution in [0, 0.1) is 11.8 Å². The van der Waals surface area contributed by atoms with Gasteiger partial charge in [-0.3, -0.25) is 19.3 Å². The quantitative estimate of drug-likeness (QED) is 0.629. The van der Waals surface area contributed by atoms with Crippen molar-refractivity contribution in [2.24, 2.45) is 11.8 Å². The van der Waals surface area contributed by atoms with Crippen molar-refractivity contribution in [3.8, 4) is 0 Å². The highest BCUT2D eigenvalue weighted by Gasteiger charge is 2.74. The minimum atomic E-state index is -1.07. The van der Waals surface area contributed by atoms with E-state index in [9.17, 15) is 14.4 Å². The number of likely N-dealkylation sites (tertiary alicyclic amines) is 1. The van der Waals surface area contributed by atoms with E-state index < -0.39 is 22.9 Å². The monoisotopic (exact) mass is 406 g/mol. The Labute approximate surface area is 154 Å². The number of anilines is 1. The average Bonchev–Trinajstić information content (AvgIpc) is 3.04. The molecule has 3 N–H and O–H groups in total. The molecular weight excluding hydrogens is 386 g/mol. The predicted molar refractivity (Wildman–Crippen MR) is 94.4 cm³/mol. The Morgan fingerprint density at radius 2 is 1.88 bits per heavy atom. The topological polar surface area (TPSA) is 83.1 Å². The summed E-state index contributed by atoms with van der Waals surface area (Å²) in [5, 5.41) is 4.81. The van der Waals surface area contributed by atoms with Gasteiger partial charge < -0.3 is 10.6 Å². The molecule has 3 heterocycles. The zero-order valence-electron chi connectivity index (χ0n) is 14.6. The number of nitrogens with two attached hydrogens (primary N) is 1. The number of amides is 3. The molecule has 3 amide bonds. The number of hydrogen-bond acceptors (Lipinski definition) is 3. The largest absolute Gasteiger partial charge is 0.326 e. The maximum atomic E-state index is 13.3. The fourth-order valence-corrected chi connectivity index (χ4v) is 5.13. The first-order valence-electron chi connectivity index (χ1n) is 8.44. The Balaban J connectivity index is 1.92. The lowest BCUT2D eigenvalue weighted by molar-refractivity contribution is -0.730. The summed E-state index contributed by atoms with van der Waals surface area (Å²) < 4.78 is 0.844. The third-order valence-corrected chi connectivity index (χ3v) is 6.15. The number of benzene rings is 1. The van der Waals surface area contributed by atoms with E-state index in [0.717, 1.165) is 10.0 Å². The fraction of sp³-hybridized carbons (Fsp3) is 0.500. The summed E-state index contributed by atoms with van der Waals surface area (Å²) in [6.07, 6.45) is 0. The molecule has 7 heteroatoms. The van der Waals surface area contributed by atoms with Crippen LogP contribution in [0.2, 0.25) is 0 Å². The molecule has 0 bridgehead atoms. The number of nitrogens with one attached hydrogen (secondary N) is 1. The Morgan fingerprint density at radius 3 is 2.52 bits per heavy atom. The van der Waals surface area contributed by atoms with E-state index in [1.165, 1.54) is 4.90 Å². The van der Waals surface area contributed by atoms with Gasteiger partial charge in [0.15, 0.2) is 0 Å². The summed E-state index contributed by atoms with van der Waals surface area (Å²) in [6.45, 7) is 7.48. The number of imide groups is 1. The van der Waals surface area contributed by atoms with Crippen LogP contribution in [0.3, 0.4) is 0 Å². The first-order valence-corrected chi connectivity index (χ1v) is 9.24. The molecule has 0 aromatic heterocycles. The third kappa shape index (κ3) is 1.96. The lowest BCUT2D eigenvalue weighted by Crippen LogP contribution is -2.98. The smallest absolute Gasteiger partial charge is 0.291 e. The maximum Gasteiger partial charge on any atom is 0.291 e. The molecule has 0 unspecified atom stereocenters. The van der Waals surface area contributed by atoms with Crippen LogP contribution < -0.4 is 10.6 Å². The van der Waals surface area contributed by atoms with Crippen molar-refractivity contribution in [1.82, 2.24) is 4.90 Å². The molecular formula is C18H21BrN3O3+. The fourth-order valence-electron chi connectivity index (χ4n) is 4.77. The van der Waals surface area contributed by atoms with Gasteiger partial charge in [0.1, 0.15) is 11.8 Å². The molecule has 3 aliphatic rings. The Morgan fingerprint density at radius 1 is 1.20 bits per heavy atom. The summed E-state index contributed by atoms with van der Waals surface area (Å²) >= 11 is 3.46. The van der Waals surface area contributed by atoms with Crippen LogP contribution in [-0.4, -0.2) is 34.2 Å². The van der Waals surface area contributed by atoms with Gasteiger partial charge >= 0.3 is 0 Å². The second kappa shape index (κ2) is 4.92. The molecule has 0 saturated carbocycles. The van der Waals surface area contributed by atoms with Gasteiger partial charge in [0, 0.05) is 15.6 Å². The zero-order chi connectivity index (χ0) is 18.3. The van der Waals surface area contributed by atoms with Crippen LogP contribution in [0.25, 0.3) is 0 Å². The maximum absolute atomic E-state index is 13.3. The number of halogens is 1. The summed E-state index contributed by atoms with van der Waals surface area (Å²) in [7, 11) is 0. The number of nitrogens with zero attached hydrogens (tertiary/aromatic N) is 1. The molecule has 1 aromatic rings. The minimum absolute atomic E-state index is 0.149. The number of fused-ring (bicyclic) bond motifs is 4. The number of hydrogen-bond donors (Lipinski definition) is 2. The molecule has 0 aliphatic carbocycles. The Kier molecular flexibility index (Phi) is 3.29. The van der Waals surface area contributed by atoms with Crippen LogP contribution in [0.1, 0.15) is 33.3 Å². The first-order chi connectivity index (χ1) is 11.6. The van der Waals surface area contributed by atoms with Crippen molar-refractivity contribution < 1.29 is 19.7 Å². The summed E-state index contributed by atoms with van der Waals surface area (Å²) in [5.74, 6) is -1.78. The van der Waals surface area contributed by atoms with Crippen LogP contribution in [0.4, 0.5) is 5.69 Å². The molecule has 4 atom stereocenters. The molecule has 3 aliphatic heterocycles. The summed E-state index contributed by atoms with van der Waals surface area (Å²) in [4.78, 5) is 40.7. The van der Waals surface area contributed by atoms with Crippen molar-refractivity contribution in [3.05, 3.63) is 28.2 Å². The van der Waals surface area contributed by atoms with Gasteiger partial charge in [-0.25, -0.2) is 0 Å². The predicted octanol–water partition coefficient (Wildman–Crippen LogP) is 0.962. The van der Waals surface area contributed by atoms with E-state index >= 15 is 0 Å². The second-order valence-electron chi connectivity index (χ2n) is 8.22. The number of quaternary nitrogens is 1. The van der Waals surface area contributed by atoms with Crippen molar-refractivity contribution in [2.75, 3.05) is 5.32 Å². The van der Waals surface area contributed by atoms with Crippen molar-refractivity contribution >= 4 is 39.3 Å². The van der Waals surface area contributed by atoms with E-state index in [-0.39, 0.29) is 23.8 Å². The number of carbonyl (C=O) groups is 3. The van der Waals surface area contributed by atoms with Crippen molar-refractivity contribution in [3.63, 3.8) is 0 Å². The van der Waals surface area contributed by atoms with E-state index in [1.807, 2.05) is 51.2 Å². The SMILES string of the molecule is C[C@@H]1[NH2+][C@]2(C(=O)Nc3ccc(Br)cc32)[C@@H]2C(=O)N(C(C)(C)C)C(=O)[C@H]12. The van der Waals surface area contributed by atoms with E-state index in [1.54, 1.807) is 0 Å². The van der Waals surface area contributed by atoms with Gasteiger partial charge in [-0.1, -0.05) is 15.9 Å². The van der Waals surface area contributed by atoms with Gasteiger partial charge in [-0.05, 0) is 45.9 Å². The molecule has 0 radical (unpaired) electrons. The lowest BCUT2D eigenvalue weighted by Gasteiger charge is -2.33. The molecule has 1 spiro atoms.